The lowest BCUT2D eigenvalue weighted by atomic mass is 10.00. The summed E-state index contributed by atoms with van der Waals surface area (Å²) in [5.74, 6) is -0.720. The van der Waals surface area contributed by atoms with E-state index in [1.54, 1.807) is 19.1 Å². The van der Waals surface area contributed by atoms with Crippen LogP contribution in [0.25, 0.3) is 22.2 Å². The highest BCUT2D eigenvalue weighted by Gasteiger charge is 2.20. The van der Waals surface area contributed by atoms with Gasteiger partial charge >= 0.3 is 0 Å². The number of carbonyl (C=O) groups excluding carboxylic acids is 1. The van der Waals surface area contributed by atoms with E-state index in [2.05, 4.69) is 15.5 Å². The number of benzene rings is 3. The monoisotopic (exact) mass is 371 g/mol. The third-order valence-corrected chi connectivity index (χ3v) is 4.62. The van der Waals surface area contributed by atoms with Gasteiger partial charge in [-0.15, -0.1) is 10.2 Å². The fourth-order valence-electron chi connectivity index (χ4n) is 3.11. The molecule has 0 aliphatic heterocycles. The van der Waals surface area contributed by atoms with Gasteiger partial charge in [-0.3, -0.25) is 4.79 Å². The van der Waals surface area contributed by atoms with E-state index in [0.717, 1.165) is 11.1 Å². The van der Waals surface area contributed by atoms with Crippen LogP contribution >= 0.6 is 0 Å². The van der Waals surface area contributed by atoms with Gasteiger partial charge in [0.25, 0.3) is 5.91 Å². The predicted octanol–water partition coefficient (Wildman–Crippen LogP) is 5.31. The molecule has 5 heteroatoms. The van der Waals surface area contributed by atoms with Crippen molar-refractivity contribution in [3.8, 4) is 11.3 Å². The second-order valence-corrected chi connectivity index (χ2v) is 6.73. The predicted molar refractivity (Wildman–Crippen MR) is 109 cm³/mol. The van der Waals surface area contributed by atoms with E-state index in [-0.39, 0.29) is 11.7 Å². The van der Waals surface area contributed by atoms with Gasteiger partial charge in [-0.25, -0.2) is 4.39 Å². The van der Waals surface area contributed by atoms with Crippen molar-refractivity contribution in [2.45, 2.75) is 13.8 Å². The summed E-state index contributed by atoms with van der Waals surface area (Å²) in [7, 11) is 0. The van der Waals surface area contributed by atoms with Gasteiger partial charge < -0.3 is 5.32 Å². The first kappa shape index (κ1) is 17.8. The number of nitrogens with one attached hydrogen (secondary N) is 1. The van der Waals surface area contributed by atoms with Crippen molar-refractivity contribution in [1.82, 2.24) is 10.2 Å². The maximum absolute atomic E-state index is 13.9. The number of aromatic nitrogens is 2. The van der Waals surface area contributed by atoms with E-state index in [9.17, 15) is 9.18 Å². The van der Waals surface area contributed by atoms with Crippen molar-refractivity contribution < 1.29 is 9.18 Å². The smallest absolute Gasteiger partial charge is 0.258 e. The average Bonchev–Trinajstić information content (AvgIpc) is 2.70. The minimum Gasteiger partial charge on any atom is -0.322 e. The number of hydrogen-bond donors (Lipinski definition) is 1. The van der Waals surface area contributed by atoms with E-state index in [4.69, 9.17) is 0 Å². The molecule has 1 heterocycles. The quantitative estimate of drug-likeness (QED) is 0.531. The summed E-state index contributed by atoms with van der Waals surface area (Å²) < 4.78 is 13.9. The molecule has 4 aromatic rings. The Morgan fingerprint density at radius 3 is 2.46 bits per heavy atom. The van der Waals surface area contributed by atoms with Gasteiger partial charge in [0.1, 0.15) is 11.5 Å². The molecule has 0 aliphatic rings. The zero-order valence-corrected chi connectivity index (χ0v) is 15.5. The maximum atomic E-state index is 13.9. The Bertz CT molecular complexity index is 1190. The van der Waals surface area contributed by atoms with Gasteiger partial charge in [0.2, 0.25) is 0 Å². The first-order valence-corrected chi connectivity index (χ1v) is 8.93. The largest absolute Gasteiger partial charge is 0.322 e. The van der Waals surface area contributed by atoms with Crippen molar-refractivity contribution >= 4 is 22.5 Å². The molecular weight excluding hydrogens is 353 g/mol. The number of rotatable bonds is 3. The second-order valence-electron chi connectivity index (χ2n) is 6.73. The van der Waals surface area contributed by atoms with E-state index >= 15 is 0 Å². The van der Waals surface area contributed by atoms with Crippen LogP contribution in [0.5, 0.6) is 0 Å². The van der Waals surface area contributed by atoms with Crippen LogP contribution < -0.4 is 5.32 Å². The molecule has 0 spiro atoms. The summed E-state index contributed by atoms with van der Waals surface area (Å²) in [6.45, 7) is 3.64. The molecule has 0 aliphatic carbocycles. The lowest BCUT2D eigenvalue weighted by Crippen LogP contribution is -2.15. The Hall–Kier alpha value is -3.60. The summed E-state index contributed by atoms with van der Waals surface area (Å²) in [6, 6.07) is 19.8. The topological polar surface area (TPSA) is 54.9 Å². The molecule has 138 valence electrons. The van der Waals surface area contributed by atoms with E-state index in [0.29, 0.717) is 33.4 Å². The molecular formula is C23H18FN3O. The minimum absolute atomic E-state index is 0.354. The summed E-state index contributed by atoms with van der Waals surface area (Å²) in [4.78, 5) is 13.2. The molecule has 3 aromatic carbocycles. The number of hydrogen-bond acceptors (Lipinski definition) is 3. The Morgan fingerprint density at radius 1 is 0.929 bits per heavy atom. The molecule has 0 saturated carbocycles. The molecule has 0 unspecified atom stereocenters. The molecule has 4 rings (SSSR count). The van der Waals surface area contributed by atoms with Gasteiger partial charge in [-0.2, -0.15) is 0 Å². The minimum atomic E-state index is -0.366. The van der Waals surface area contributed by atoms with Gasteiger partial charge in [0.05, 0.1) is 11.1 Å². The van der Waals surface area contributed by atoms with Gasteiger partial charge in [-0.1, -0.05) is 48.0 Å². The first-order chi connectivity index (χ1) is 13.5. The van der Waals surface area contributed by atoms with Gasteiger partial charge in [-0.05, 0) is 43.7 Å². The SMILES string of the molecule is Cc1ccc2nnc(-c3ccccc3)c(C(=O)Nc3ccc(C)c(F)c3)c2c1. The van der Waals surface area contributed by atoms with E-state index in [1.165, 1.54) is 6.07 Å². The molecule has 1 amide bonds. The molecule has 28 heavy (non-hydrogen) atoms. The van der Waals surface area contributed by atoms with Crippen molar-refractivity contribution in [1.29, 1.82) is 0 Å². The third kappa shape index (κ3) is 3.34. The maximum Gasteiger partial charge on any atom is 0.258 e. The van der Waals surface area contributed by atoms with Crippen molar-refractivity contribution in [2.75, 3.05) is 5.32 Å². The number of carbonyl (C=O) groups is 1. The lowest BCUT2D eigenvalue weighted by molar-refractivity contribution is 0.102. The second kappa shape index (κ2) is 7.19. The molecule has 1 N–H and O–H groups in total. The highest BCUT2D eigenvalue weighted by atomic mass is 19.1. The average molecular weight is 371 g/mol. The number of anilines is 1. The normalized spacial score (nSPS) is 10.8. The standard InChI is InChI=1S/C23H18FN3O/c1-14-8-11-20-18(12-14)21(22(27-26-20)16-6-4-3-5-7-16)23(28)25-17-10-9-15(2)19(24)13-17/h3-13H,1-2H3,(H,25,28). The number of aryl methyl sites for hydroxylation is 2. The number of fused-ring (bicyclic) bond motifs is 1. The van der Waals surface area contributed by atoms with Crippen LogP contribution in [0.3, 0.4) is 0 Å². The molecule has 0 bridgehead atoms. The Morgan fingerprint density at radius 2 is 1.71 bits per heavy atom. The lowest BCUT2D eigenvalue weighted by Gasteiger charge is -2.13. The van der Waals surface area contributed by atoms with Crippen LogP contribution in [0.15, 0.2) is 66.7 Å². The molecule has 0 atom stereocenters. The fourth-order valence-corrected chi connectivity index (χ4v) is 3.11. The molecule has 4 nitrogen and oxygen atoms in total. The van der Waals surface area contributed by atoms with Gasteiger partial charge in [0.15, 0.2) is 0 Å². The van der Waals surface area contributed by atoms with Crippen molar-refractivity contribution in [3.05, 3.63) is 89.2 Å². The third-order valence-electron chi connectivity index (χ3n) is 4.62. The number of halogens is 1. The number of nitrogens with zero attached hydrogens (tertiary/aromatic N) is 2. The summed E-state index contributed by atoms with van der Waals surface area (Å²) in [5.41, 5.74) is 4.25. The molecule has 1 aromatic heterocycles. The van der Waals surface area contributed by atoms with Crippen molar-refractivity contribution in [3.63, 3.8) is 0 Å². The van der Waals surface area contributed by atoms with Crippen LogP contribution in [-0.2, 0) is 0 Å². The zero-order chi connectivity index (χ0) is 19.7. The van der Waals surface area contributed by atoms with E-state index in [1.807, 2.05) is 55.5 Å². The zero-order valence-electron chi connectivity index (χ0n) is 15.5. The van der Waals surface area contributed by atoms with Crippen LogP contribution in [0, 0.1) is 19.7 Å². The highest BCUT2D eigenvalue weighted by molar-refractivity contribution is 6.16. The fraction of sp³-hybridized carbons (Fsp3) is 0.0870. The molecule has 0 fully saturated rings. The highest BCUT2D eigenvalue weighted by Crippen LogP contribution is 2.28. The summed E-state index contributed by atoms with van der Waals surface area (Å²) in [6.07, 6.45) is 0. The Balaban J connectivity index is 1.88. The van der Waals surface area contributed by atoms with E-state index < -0.39 is 0 Å². The first-order valence-electron chi connectivity index (χ1n) is 8.93. The van der Waals surface area contributed by atoms with Crippen LogP contribution in [-0.4, -0.2) is 16.1 Å². The van der Waals surface area contributed by atoms with Gasteiger partial charge in [0, 0.05) is 16.6 Å². The van der Waals surface area contributed by atoms with Crippen LogP contribution in [0.4, 0.5) is 10.1 Å². The number of amides is 1. The summed E-state index contributed by atoms with van der Waals surface area (Å²) in [5, 5.41) is 12.1. The van der Waals surface area contributed by atoms with Crippen LogP contribution in [0.1, 0.15) is 21.5 Å². The molecule has 0 radical (unpaired) electrons. The van der Waals surface area contributed by atoms with Crippen LogP contribution in [0.2, 0.25) is 0 Å². The van der Waals surface area contributed by atoms with Crippen molar-refractivity contribution in [2.24, 2.45) is 0 Å². The summed E-state index contributed by atoms with van der Waals surface area (Å²) >= 11 is 0. The Labute approximate surface area is 162 Å². The molecule has 0 saturated heterocycles. The Kier molecular flexibility index (Phi) is 4.57.